The Bertz CT molecular complexity index is 2790. The maximum atomic E-state index is 5.14. The summed E-state index contributed by atoms with van der Waals surface area (Å²) >= 11 is 1.87. The van der Waals surface area contributed by atoms with Crippen LogP contribution < -0.4 is 0 Å². The van der Waals surface area contributed by atoms with Gasteiger partial charge in [-0.2, -0.15) is 0 Å². The van der Waals surface area contributed by atoms with Gasteiger partial charge in [0.15, 0.2) is 0 Å². The summed E-state index contributed by atoms with van der Waals surface area (Å²) in [5.41, 5.74) is 9.39. The molecule has 0 fully saturated rings. The van der Waals surface area contributed by atoms with Crippen LogP contribution in [-0.4, -0.2) is 4.98 Å². The molecule has 0 unspecified atom stereocenters. The van der Waals surface area contributed by atoms with Crippen molar-refractivity contribution in [2.24, 2.45) is 0 Å². The SMILES string of the molecule is c1ccc(-c2ccc(-c3c4ccccc4c(-c4ccc(-c5ccc6c(c5)sc5ccc7ccccc7c56)cn4)c4ccccc34)cc2)cc1. The van der Waals surface area contributed by atoms with E-state index in [-0.39, 0.29) is 0 Å². The fraction of sp³-hybridized carbons (Fsp3) is 0. The molecule has 10 rings (SSSR count). The molecule has 0 atom stereocenters. The van der Waals surface area contributed by atoms with Crippen molar-refractivity contribution >= 4 is 63.8 Å². The third kappa shape index (κ3) is 4.57. The first-order valence-corrected chi connectivity index (χ1v) is 17.5. The minimum Gasteiger partial charge on any atom is -0.256 e. The molecule has 0 saturated heterocycles. The number of fused-ring (bicyclic) bond motifs is 7. The van der Waals surface area contributed by atoms with Crippen LogP contribution in [0.15, 0.2) is 176 Å². The first-order valence-electron chi connectivity index (χ1n) is 16.7. The summed E-state index contributed by atoms with van der Waals surface area (Å²) < 4.78 is 2.63. The van der Waals surface area contributed by atoms with Crippen molar-refractivity contribution in [3.8, 4) is 44.6 Å². The zero-order valence-electron chi connectivity index (χ0n) is 26.6. The number of aromatic nitrogens is 1. The number of nitrogens with zero attached hydrogens (tertiary/aromatic N) is 1. The highest BCUT2D eigenvalue weighted by Gasteiger charge is 2.18. The largest absolute Gasteiger partial charge is 0.256 e. The quantitative estimate of drug-likeness (QED) is 0.175. The Hall–Kier alpha value is -6.09. The normalized spacial score (nSPS) is 11.7. The van der Waals surface area contributed by atoms with Gasteiger partial charge in [0.05, 0.1) is 5.69 Å². The molecule has 0 saturated carbocycles. The van der Waals surface area contributed by atoms with E-state index < -0.39 is 0 Å². The molecule has 0 aliphatic rings. The van der Waals surface area contributed by atoms with Crippen LogP contribution in [0, 0.1) is 0 Å². The van der Waals surface area contributed by atoms with Gasteiger partial charge in [-0.3, -0.25) is 4.98 Å². The maximum Gasteiger partial charge on any atom is 0.0714 e. The molecule has 2 heterocycles. The average Bonchev–Trinajstić information content (AvgIpc) is 3.56. The van der Waals surface area contributed by atoms with Gasteiger partial charge in [0.1, 0.15) is 0 Å². The molecular weight excluding hydrogens is 611 g/mol. The Morgan fingerprint density at radius 2 is 0.918 bits per heavy atom. The van der Waals surface area contributed by atoms with Crippen LogP contribution in [0.4, 0.5) is 0 Å². The molecule has 1 nitrogen and oxygen atoms in total. The smallest absolute Gasteiger partial charge is 0.0714 e. The summed E-state index contributed by atoms with van der Waals surface area (Å²) in [4.78, 5) is 5.14. The Morgan fingerprint density at radius 1 is 0.347 bits per heavy atom. The van der Waals surface area contributed by atoms with Crippen LogP contribution in [0.5, 0.6) is 0 Å². The Labute approximate surface area is 288 Å². The van der Waals surface area contributed by atoms with Crippen molar-refractivity contribution < 1.29 is 0 Å². The van der Waals surface area contributed by atoms with E-state index in [1.165, 1.54) is 85.9 Å². The summed E-state index contributed by atoms with van der Waals surface area (Å²) in [5, 5.41) is 10.2. The van der Waals surface area contributed by atoms with E-state index in [9.17, 15) is 0 Å². The monoisotopic (exact) mass is 639 g/mol. The van der Waals surface area contributed by atoms with Crippen LogP contribution in [0.2, 0.25) is 0 Å². The van der Waals surface area contributed by atoms with Crippen molar-refractivity contribution in [2.75, 3.05) is 0 Å². The predicted molar refractivity (Wildman–Crippen MR) is 211 cm³/mol. The number of hydrogen-bond donors (Lipinski definition) is 0. The van der Waals surface area contributed by atoms with Gasteiger partial charge in [-0.15, -0.1) is 11.3 Å². The molecule has 49 heavy (non-hydrogen) atoms. The number of hydrogen-bond acceptors (Lipinski definition) is 2. The van der Waals surface area contributed by atoms with E-state index in [1.54, 1.807) is 0 Å². The highest BCUT2D eigenvalue weighted by Crippen LogP contribution is 2.44. The lowest BCUT2D eigenvalue weighted by Crippen LogP contribution is -1.92. The Morgan fingerprint density at radius 3 is 1.61 bits per heavy atom. The number of rotatable bonds is 4. The highest BCUT2D eigenvalue weighted by atomic mass is 32.1. The molecule has 0 amide bonds. The van der Waals surface area contributed by atoms with Gasteiger partial charge in [0.2, 0.25) is 0 Å². The lowest BCUT2D eigenvalue weighted by molar-refractivity contribution is 1.34. The van der Waals surface area contributed by atoms with Gasteiger partial charge in [-0.25, -0.2) is 0 Å². The van der Waals surface area contributed by atoms with E-state index >= 15 is 0 Å². The van der Waals surface area contributed by atoms with E-state index in [1.807, 2.05) is 17.5 Å². The summed E-state index contributed by atoms with van der Waals surface area (Å²) in [6.07, 6.45) is 2.04. The second-order valence-electron chi connectivity index (χ2n) is 12.7. The number of pyridine rings is 1. The molecule has 0 spiro atoms. The standard InChI is InChI=1S/C47H29NS/c1-2-10-30(11-3-1)31-18-20-33(21-19-31)45-37-14-6-8-16-39(37)46(40-17-9-7-15-38(40)45)42-26-23-35(29-48-42)34-22-25-41-44(28-34)49-43-27-24-32-12-4-5-13-36(32)47(41)43/h1-29H. The second-order valence-corrected chi connectivity index (χ2v) is 13.8. The second kappa shape index (κ2) is 11.3. The van der Waals surface area contributed by atoms with Crippen molar-refractivity contribution in [2.45, 2.75) is 0 Å². The average molecular weight is 640 g/mol. The molecule has 0 N–H and O–H groups in total. The molecule has 10 aromatic rings. The molecule has 2 heteroatoms. The van der Waals surface area contributed by atoms with Crippen LogP contribution in [-0.2, 0) is 0 Å². The molecule has 228 valence electrons. The van der Waals surface area contributed by atoms with Crippen LogP contribution in [0.3, 0.4) is 0 Å². The zero-order valence-corrected chi connectivity index (χ0v) is 27.4. The van der Waals surface area contributed by atoms with Crippen molar-refractivity contribution in [3.05, 3.63) is 176 Å². The van der Waals surface area contributed by atoms with Gasteiger partial charge in [-0.05, 0) is 78.3 Å². The lowest BCUT2D eigenvalue weighted by atomic mass is 9.87. The summed E-state index contributed by atoms with van der Waals surface area (Å²) in [6, 6.07) is 61.6. The predicted octanol–water partition coefficient (Wildman–Crippen LogP) is 13.6. The van der Waals surface area contributed by atoms with Gasteiger partial charge in [0, 0.05) is 37.5 Å². The summed E-state index contributed by atoms with van der Waals surface area (Å²) in [7, 11) is 0. The molecule has 0 aliphatic heterocycles. The zero-order chi connectivity index (χ0) is 32.3. The van der Waals surface area contributed by atoms with Gasteiger partial charge in [-0.1, -0.05) is 152 Å². The molecule has 2 aromatic heterocycles. The van der Waals surface area contributed by atoms with E-state index in [0.29, 0.717) is 0 Å². The van der Waals surface area contributed by atoms with Crippen molar-refractivity contribution in [1.82, 2.24) is 4.98 Å². The third-order valence-electron chi connectivity index (χ3n) is 9.93. The van der Waals surface area contributed by atoms with Gasteiger partial charge < -0.3 is 0 Å². The van der Waals surface area contributed by atoms with Gasteiger partial charge in [0.25, 0.3) is 0 Å². The molecular formula is C47H29NS. The van der Waals surface area contributed by atoms with E-state index in [0.717, 1.165) is 11.3 Å². The van der Waals surface area contributed by atoms with Crippen LogP contribution >= 0.6 is 11.3 Å². The molecule has 0 aliphatic carbocycles. The van der Waals surface area contributed by atoms with Crippen LogP contribution in [0.25, 0.3) is 97.1 Å². The molecule has 0 radical (unpaired) electrons. The lowest BCUT2D eigenvalue weighted by Gasteiger charge is -2.17. The number of benzene rings is 8. The third-order valence-corrected chi connectivity index (χ3v) is 11.0. The van der Waals surface area contributed by atoms with E-state index in [2.05, 4.69) is 170 Å². The molecule has 8 aromatic carbocycles. The fourth-order valence-electron chi connectivity index (χ4n) is 7.61. The van der Waals surface area contributed by atoms with Gasteiger partial charge >= 0.3 is 0 Å². The van der Waals surface area contributed by atoms with Crippen molar-refractivity contribution in [3.63, 3.8) is 0 Å². The molecule has 0 bridgehead atoms. The Balaban J connectivity index is 1.08. The first kappa shape index (κ1) is 28.0. The Kier molecular flexibility index (Phi) is 6.43. The first-order chi connectivity index (χ1) is 24.3. The fourth-order valence-corrected chi connectivity index (χ4v) is 8.77. The van der Waals surface area contributed by atoms with Crippen LogP contribution in [0.1, 0.15) is 0 Å². The highest BCUT2D eigenvalue weighted by molar-refractivity contribution is 7.26. The minimum atomic E-state index is 0.983. The van der Waals surface area contributed by atoms with E-state index in [4.69, 9.17) is 4.98 Å². The maximum absolute atomic E-state index is 5.14. The topological polar surface area (TPSA) is 12.9 Å². The number of thiophene rings is 1. The summed E-state index contributed by atoms with van der Waals surface area (Å²) in [5.74, 6) is 0. The summed E-state index contributed by atoms with van der Waals surface area (Å²) in [6.45, 7) is 0. The minimum absolute atomic E-state index is 0.983. The van der Waals surface area contributed by atoms with Crippen molar-refractivity contribution in [1.29, 1.82) is 0 Å².